The summed E-state index contributed by atoms with van der Waals surface area (Å²) >= 11 is 0. The molecule has 2 fully saturated rings. The summed E-state index contributed by atoms with van der Waals surface area (Å²) in [6.45, 7) is 0.465. The third-order valence-corrected chi connectivity index (χ3v) is 3.47. The maximum absolute atomic E-state index is 13.7. The third-order valence-electron chi connectivity index (χ3n) is 3.47. The summed E-state index contributed by atoms with van der Waals surface area (Å²) < 4.78 is 27.4. The van der Waals surface area contributed by atoms with Gasteiger partial charge in [-0.05, 0) is 13.0 Å². The number of rotatable bonds is 0. The summed E-state index contributed by atoms with van der Waals surface area (Å²) in [7, 11) is 0. The zero-order valence-corrected chi connectivity index (χ0v) is 8.26. The second kappa shape index (κ2) is 3.30. The van der Waals surface area contributed by atoms with Crippen molar-refractivity contribution < 1.29 is 18.7 Å². The van der Waals surface area contributed by atoms with E-state index in [1.807, 2.05) is 0 Å². The first-order valence-corrected chi connectivity index (χ1v) is 5.01. The highest BCUT2D eigenvalue weighted by atomic mass is 19.3. The molecule has 0 aromatic heterocycles. The van der Waals surface area contributed by atoms with Crippen LogP contribution >= 0.6 is 0 Å². The van der Waals surface area contributed by atoms with Crippen molar-refractivity contribution in [3.05, 3.63) is 0 Å². The summed E-state index contributed by atoms with van der Waals surface area (Å²) in [4.78, 5) is 11.6. The number of carboxylic acid groups (broad SMARTS) is 1. The number of carbonyl (C=O) groups excluding carboxylic acids is 1. The number of alkyl halides is 2. The summed E-state index contributed by atoms with van der Waals surface area (Å²) in [6.07, 6.45) is -1.43. The number of likely N-dealkylation sites (tertiary alicyclic amines) is 1. The Balaban J connectivity index is 2.20. The minimum Gasteiger partial charge on any atom is -0.530 e. The van der Waals surface area contributed by atoms with Crippen LogP contribution in [0.15, 0.2) is 0 Å². The summed E-state index contributed by atoms with van der Waals surface area (Å²) in [5.41, 5.74) is -1.22. The molecule has 1 N–H and O–H groups in total. The lowest BCUT2D eigenvalue weighted by atomic mass is 9.76. The van der Waals surface area contributed by atoms with Crippen LogP contribution in [0.1, 0.15) is 12.8 Å². The van der Waals surface area contributed by atoms with E-state index in [4.69, 9.17) is 0 Å². The molecule has 2 saturated heterocycles. The minimum atomic E-state index is -2.78. The first kappa shape index (κ1) is 10.6. The van der Waals surface area contributed by atoms with Gasteiger partial charge in [-0.15, -0.1) is 0 Å². The van der Waals surface area contributed by atoms with Gasteiger partial charge in [-0.3, -0.25) is 0 Å². The molecule has 86 valence electrons. The first-order chi connectivity index (χ1) is 6.97. The molecule has 1 amide bonds. The fourth-order valence-corrected chi connectivity index (χ4v) is 2.45. The fourth-order valence-electron chi connectivity index (χ4n) is 2.45. The molecule has 0 bridgehead atoms. The van der Waals surface area contributed by atoms with Crippen molar-refractivity contribution in [3.8, 4) is 0 Å². The van der Waals surface area contributed by atoms with Gasteiger partial charge in [-0.2, -0.15) is 0 Å². The molecule has 0 radical (unpaired) electrons. The lowest BCUT2D eigenvalue weighted by Gasteiger charge is -2.46. The second-order valence-electron chi connectivity index (χ2n) is 4.35. The molecule has 2 heterocycles. The van der Waals surface area contributed by atoms with Gasteiger partial charge < -0.3 is 20.1 Å². The molecule has 6 heteroatoms. The molecule has 1 atom stereocenters. The lowest BCUT2D eigenvalue weighted by molar-refractivity contribution is -0.274. The molecule has 15 heavy (non-hydrogen) atoms. The summed E-state index contributed by atoms with van der Waals surface area (Å²) in [5, 5.41) is 13.5. The number of amides is 1. The van der Waals surface area contributed by atoms with Crippen molar-refractivity contribution in [1.82, 2.24) is 10.2 Å². The minimum absolute atomic E-state index is 0.116. The monoisotopic (exact) mass is 219 g/mol. The van der Waals surface area contributed by atoms with Crippen molar-refractivity contribution in [3.63, 3.8) is 0 Å². The van der Waals surface area contributed by atoms with Crippen LogP contribution in [-0.4, -0.2) is 43.1 Å². The van der Waals surface area contributed by atoms with Gasteiger partial charge in [0.15, 0.2) is 0 Å². The molecule has 0 aliphatic carbocycles. The molecular weight excluding hydrogens is 206 g/mol. The molecule has 4 nitrogen and oxygen atoms in total. The standard InChI is InChI=1S/C9H14F2N2O2/c10-9(11)2-4-13(7(14)15)6-8(9)1-3-12-5-8/h12H,1-6H2,(H,14,15)/p-1. The molecule has 0 saturated carbocycles. The number of hydrogen-bond acceptors (Lipinski definition) is 3. The van der Waals surface area contributed by atoms with Crippen molar-refractivity contribution >= 4 is 6.09 Å². The maximum Gasteiger partial charge on any atom is 0.258 e. The van der Waals surface area contributed by atoms with E-state index in [1.165, 1.54) is 0 Å². The van der Waals surface area contributed by atoms with Gasteiger partial charge in [0.2, 0.25) is 0 Å². The Morgan fingerprint density at radius 1 is 1.40 bits per heavy atom. The molecule has 2 aliphatic heterocycles. The van der Waals surface area contributed by atoms with E-state index < -0.39 is 23.9 Å². The largest absolute Gasteiger partial charge is 0.530 e. The van der Waals surface area contributed by atoms with Crippen molar-refractivity contribution in [1.29, 1.82) is 0 Å². The van der Waals surface area contributed by atoms with Crippen LogP contribution in [0.2, 0.25) is 0 Å². The van der Waals surface area contributed by atoms with Crippen LogP contribution in [0.3, 0.4) is 0 Å². The van der Waals surface area contributed by atoms with E-state index in [0.29, 0.717) is 13.0 Å². The van der Waals surface area contributed by atoms with E-state index in [-0.39, 0.29) is 19.6 Å². The number of piperidine rings is 1. The van der Waals surface area contributed by atoms with Gasteiger partial charge in [0.25, 0.3) is 5.92 Å². The molecule has 2 rings (SSSR count). The van der Waals surface area contributed by atoms with Crippen molar-refractivity contribution in [2.45, 2.75) is 18.8 Å². The molecule has 0 aromatic rings. The normalized spacial score (nSPS) is 34.7. The molecule has 1 spiro atoms. The smallest absolute Gasteiger partial charge is 0.258 e. The van der Waals surface area contributed by atoms with E-state index in [9.17, 15) is 18.7 Å². The zero-order chi connectivity index (χ0) is 11.1. The Morgan fingerprint density at radius 2 is 2.13 bits per heavy atom. The number of carbonyl (C=O) groups is 1. The molecular formula is C9H13F2N2O2-. The average Bonchev–Trinajstić information content (AvgIpc) is 2.60. The SMILES string of the molecule is O=C([O-])N1CCC(F)(F)C2(CCNC2)C1. The van der Waals surface area contributed by atoms with Gasteiger partial charge >= 0.3 is 0 Å². The quantitative estimate of drug-likeness (QED) is 0.606. The van der Waals surface area contributed by atoms with Crippen LogP contribution in [0.5, 0.6) is 0 Å². The van der Waals surface area contributed by atoms with Crippen LogP contribution in [0.4, 0.5) is 13.6 Å². The van der Waals surface area contributed by atoms with Crippen LogP contribution in [0, 0.1) is 5.41 Å². The van der Waals surface area contributed by atoms with Crippen LogP contribution in [-0.2, 0) is 0 Å². The number of halogens is 2. The van der Waals surface area contributed by atoms with E-state index in [1.54, 1.807) is 0 Å². The fraction of sp³-hybridized carbons (Fsp3) is 0.889. The van der Waals surface area contributed by atoms with Crippen LogP contribution < -0.4 is 10.4 Å². The Bertz CT molecular complexity index is 277. The van der Waals surface area contributed by atoms with Gasteiger partial charge in [-0.1, -0.05) is 0 Å². The van der Waals surface area contributed by atoms with Crippen molar-refractivity contribution in [2.24, 2.45) is 5.41 Å². The predicted molar refractivity (Wildman–Crippen MR) is 46.5 cm³/mol. The highest BCUT2D eigenvalue weighted by Gasteiger charge is 2.57. The van der Waals surface area contributed by atoms with Gasteiger partial charge in [0.05, 0.1) is 5.41 Å². The van der Waals surface area contributed by atoms with Gasteiger partial charge in [-0.25, -0.2) is 8.78 Å². The average molecular weight is 219 g/mol. The predicted octanol–water partition coefficient (Wildman–Crippen LogP) is -0.350. The number of nitrogens with zero attached hydrogens (tertiary/aromatic N) is 1. The number of hydrogen-bond donors (Lipinski definition) is 1. The van der Waals surface area contributed by atoms with Crippen molar-refractivity contribution in [2.75, 3.05) is 26.2 Å². The number of nitrogens with one attached hydrogen (secondary N) is 1. The summed E-state index contributed by atoms with van der Waals surface area (Å²) in [5.74, 6) is -2.78. The van der Waals surface area contributed by atoms with Gasteiger partial charge in [0.1, 0.15) is 6.09 Å². The Kier molecular flexibility index (Phi) is 2.33. The molecule has 2 aliphatic rings. The Labute approximate surface area is 86.2 Å². The maximum atomic E-state index is 13.7. The Hall–Kier alpha value is -0.910. The van der Waals surface area contributed by atoms with E-state index in [2.05, 4.69) is 5.32 Å². The first-order valence-electron chi connectivity index (χ1n) is 5.01. The topological polar surface area (TPSA) is 55.4 Å². The third kappa shape index (κ3) is 1.56. The van der Waals surface area contributed by atoms with Gasteiger partial charge in [0, 0.05) is 26.1 Å². The molecule has 1 unspecified atom stereocenters. The highest BCUT2D eigenvalue weighted by molar-refractivity contribution is 5.62. The Morgan fingerprint density at radius 3 is 2.67 bits per heavy atom. The van der Waals surface area contributed by atoms with Crippen LogP contribution in [0.25, 0.3) is 0 Å². The van der Waals surface area contributed by atoms with E-state index in [0.717, 1.165) is 4.90 Å². The van der Waals surface area contributed by atoms with E-state index >= 15 is 0 Å². The highest BCUT2D eigenvalue weighted by Crippen LogP contribution is 2.47. The molecule has 0 aromatic carbocycles. The summed E-state index contributed by atoms with van der Waals surface area (Å²) in [6, 6.07) is 0. The second-order valence-corrected chi connectivity index (χ2v) is 4.35. The zero-order valence-electron chi connectivity index (χ0n) is 8.26. The lowest BCUT2D eigenvalue weighted by Crippen LogP contribution is -2.60.